The molecule has 1 heterocycles. The molecule has 2 aromatic carbocycles. The Morgan fingerprint density at radius 2 is 1.96 bits per heavy atom. The maximum atomic E-state index is 14.2. The van der Waals surface area contributed by atoms with E-state index in [0.717, 1.165) is 23.1 Å². The van der Waals surface area contributed by atoms with Gasteiger partial charge < -0.3 is 4.98 Å². The molecule has 0 bridgehead atoms. The molecule has 3 aromatic rings. The van der Waals surface area contributed by atoms with Crippen molar-refractivity contribution in [3.8, 4) is 17.2 Å². The first-order valence-electron chi connectivity index (χ1n) is 9.38. The molecule has 28 heavy (non-hydrogen) atoms. The Hall–Kier alpha value is -3.26. The highest BCUT2D eigenvalue weighted by molar-refractivity contribution is 5.71. The molecule has 0 spiro atoms. The second kappa shape index (κ2) is 8.62. The predicted octanol–water partition coefficient (Wildman–Crippen LogP) is 4.88. The first kappa shape index (κ1) is 19.5. The van der Waals surface area contributed by atoms with E-state index in [2.05, 4.69) is 16.0 Å². The van der Waals surface area contributed by atoms with Crippen molar-refractivity contribution in [2.45, 2.75) is 39.3 Å². The maximum Gasteiger partial charge on any atom is 0.254 e. The lowest BCUT2D eigenvalue weighted by atomic mass is 9.95. The van der Waals surface area contributed by atoms with Crippen LogP contribution in [0, 0.1) is 11.3 Å². The van der Waals surface area contributed by atoms with Crippen molar-refractivity contribution in [3.05, 3.63) is 87.1 Å². The molecule has 5 heteroatoms. The van der Waals surface area contributed by atoms with Gasteiger partial charge in [0.1, 0.15) is 12.0 Å². The number of aryl methyl sites for hydroxylation is 1. The molecule has 1 atom stereocenters. The number of H-pyrrole nitrogens is 1. The van der Waals surface area contributed by atoms with Crippen LogP contribution in [0.1, 0.15) is 54.6 Å². The molecule has 4 nitrogen and oxygen atoms in total. The Kier molecular flexibility index (Phi) is 6.00. The summed E-state index contributed by atoms with van der Waals surface area (Å²) in [5.74, 6) is 0.507. The van der Waals surface area contributed by atoms with E-state index < -0.39 is 6.17 Å². The van der Waals surface area contributed by atoms with Crippen molar-refractivity contribution >= 4 is 0 Å². The van der Waals surface area contributed by atoms with Gasteiger partial charge in [0.2, 0.25) is 0 Å². The van der Waals surface area contributed by atoms with Crippen LogP contribution in [0.15, 0.2) is 53.3 Å². The number of alkyl halides is 1. The lowest BCUT2D eigenvalue weighted by molar-refractivity contribution is 0.361. The quantitative estimate of drug-likeness (QED) is 0.667. The van der Waals surface area contributed by atoms with Crippen LogP contribution in [-0.4, -0.2) is 9.97 Å². The molecule has 0 fully saturated rings. The molecule has 1 unspecified atom stereocenters. The second-order valence-electron chi connectivity index (χ2n) is 6.78. The lowest BCUT2D eigenvalue weighted by Crippen LogP contribution is -2.21. The monoisotopic (exact) mass is 375 g/mol. The van der Waals surface area contributed by atoms with Crippen molar-refractivity contribution in [1.82, 2.24) is 9.97 Å². The van der Waals surface area contributed by atoms with Crippen molar-refractivity contribution in [2.24, 2.45) is 0 Å². The van der Waals surface area contributed by atoms with Crippen molar-refractivity contribution < 1.29 is 4.39 Å². The van der Waals surface area contributed by atoms with E-state index >= 15 is 0 Å². The van der Waals surface area contributed by atoms with Crippen LogP contribution in [0.2, 0.25) is 0 Å². The van der Waals surface area contributed by atoms with Gasteiger partial charge in [-0.1, -0.05) is 49.4 Å². The van der Waals surface area contributed by atoms with Gasteiger partial charge in [-0.3, -0.25) is 4.79 Å². The Bertz CT molecular complexity index is 1070. The first-order valence-corrected chi connectivity index (χ1v) is 9.38. The fourth-order valence-electron chi connectivity index (χ4n) is 3.29. The highest BCUT2D eigenvalue weighted by Crippen LogP contribution is 2.26. The number of hydrogen-bond donors (Lipinski definition) is 1. The van der Waals surface area contributed by atoms with E-state index in [-0.39, 0.29) is 17.7 Å². The topological polar surface area (TPSA) is 69.5 Å². The van der Waals surface area contributed by atoms with E-state index in [1.165, 1.54) is 6.92 Å². The van der Waals surface area contributed by atoms with Crippen molar-refractivity contribution in [1.29, 1.82) is 5.26 Å². The average molecular weight is 375 g/mol. The molecule has 3 rings (SSSR count). The van der Waals surface area contributed by atoms with Crippen LogP contribution in [0.5, 0.6) is 0 Å². The van der Waals surface area contributed by atoms with Crippen LogP contribution < -0.4 is 5.56 Å². The van der Waals surface area contributed by atoms with Gasteiger partial charge in [0, 0.05) is 18.4 Å². The number of nitrogens with one attached hydrogen (secondary N) is 1. The van der Waals surface area contributed by atoms with Gasteiger partial charge in [0.05, 0.1) is 17.3 Å². The molecule has 0 radical (unpaired) electrons. The summed E-state index contributed by atoms with van der Waals surface area (Å²) in [6.07, 6.45) is 0.295. The molecule has 0 saturated carbocycles. The number of aromatic amines is 1. The number of nitriles is 1. The average Bonchev–Trinajstić information content (AvgIpc) is 2.70. The summed E-state index contributed by atoms with van der Waals surface area (Å²) >= 11 is 0. The van der Waals surface area contributed by atoms with Gasteiger partial charge in [0.25, 0.3) is 5.56 Å². The van der Waals surface area contributed by atoms with Gasteiger partial charge in [-0.05, 0) is 36.1 Å². The maximum absolute atomic E-state index is 14.2. The van der Waals surface area contributed by atoms with E-state index in [0.29, 0.717) is 23.4 Å². The summed E-state index contributed by atoms with van der Waals surface area (Å²) in [5.41, 5.74) is 3.25. The van der Waals surface area contributed by atoms with Gasteiger partial charge in [-0.2, -0.15) is 5.26 Å². The molecule has 0 saturated heterocycles. The van der Waals surface area contributed by atoms with Crippen LogP contribution >= 0.6 is 0 Å². The van der Waals surface area contributed by atoms with Gasteiger partial charge in [-0.25, -0.2) is 9.37 Å². The zero-order valence-electron chi connectivity index (χ0n) is 16.0. The first-order chi connectivity index (χ1) is 13.5. The zero-order valence-corrected chi connectivity index (χ0v) is 16.0. The molecule has 0 aliphatic carbocycles. The van der Waals surface area contributed by atoms with Crippen molar-refractivity contribution in [3.63, 3.8) is 0 Å². The summed E-state index contributed by atoms with van der Waals surface area (Å²) in [6.45, 7) is 3.37. The second-order valence-corrected chi connectivity index (χ2v) is 6.78. The highest BCUT2D eigenvalue weighted by atomic mass is 19.1. The summed E-state index contributed by atoms with van der Waals surface area (Å²) < 4.78 is 14.2. The highest BCUT2D eigenvalue weighted by Gasteiger charge is 2.18. The van der Waals surface area contributed by atoms with E-state index in [9.17, 15) is 14.4 Å². The third-order valence-corrected chi connectivity index (χ3v) is 4.63. The van der Waals surface area contributed by atoms with Gasteiger partial charge in [0.15, 0.2) is 0 Å². The van der Waals surface area contributed by atoms with Crippen LogP contribution in [-0.2, 0) is 12.8 Å². The van der Waals surface area contributed by atoms with Crippen molar-refractivity contribution in [2.75, 3.05) is 0 Å². The normalized spacial score (nSPS) is 11.8. The number of benzene rings is 2. The molecule has 0 amide bonds. The SMILES string of the molecule is CCCc1nc(C(C)F)c(Cc2ccc(-c3ccccc3)c(C#N)c2)c(=O)[nH]1. The minimum atomic E-state index is -1.34. The Morgan fingerprint density at radius 3 is 2.61 bits per heavy atom. The molecule has 1 N–H and O–H groups in total. The smallest absolute Gasteiger partial charge is 0.254 e. The number of nitrogens with zero attached hydrogens (tertiary/aromatic N) is 2. The fraction of sp³-hybridized carbons (Fsp3) is 0.261. The number of halogens is 1. The third kappa shape index (κ3) is 4.17. The molecular formula is C23H22FN3O. The standard InChI is InChI=1S/C23H22FN3O/c1-3-7-21-26-22(15(2)24)20(23(28)27-21)13-16-10-11-19(18(12-16)14-25)17-8-5-4-6-9-17/h4-6,8-12,15H,3,7,13H2,1-2H3,(H,26,27,28). The van der Waals surface area contributed by atoms with Gasteiger partial charge in [-0.15, -0.1) is 0 Å². The summed E-state index contributed by atoms with van der Waals surface area (Å²) in [7, 11) is 0. The van der Waals surface area contributed by atoms with E-state index in [1.807, 2.05) is 49.4 Å². The van der Waals surface area contributed by atoms with Crippen LogP contribution in [0.4, 0.5) is 4.39 Å². The molecule has 0 aliphatic rings. The Balaban J connectivity index is 2.01. The molecular weight excluding hydrogens is 353 g/mol. The minimum Gasteiger partial charge on any atom is -0.310 e. The number of hydrogen-bond acceptors (Lipinski definition) is 3. The number of aromatic nitrogens is 2. The lowest BCUT2D eigenvalue weighted by Gasteiger charge is -2.12. The Labute approximate surface area is 163 Å². The molecule has 142 valence electrons. The van der Waals surface area contributed by atoms with E-state index in [4.69, 9.17) is 0 Å². The fourth-order valence-corrected chi connectivity index (χ4v) is 3.29. The third-order valence-electron chi connectivity index (χ3n) is 4.63. The largest absolute Gasteiger partial charge is 0.310 e. The van der Waals surface area contributed by atoms with Crippen LogP contribution in [0.25, 0.3) is 11.1 Å². The molecule has 0 aliphatic heterocycles. The Morgan fingerprint density at radius 1 is 1.21 bits per heavy atom. The zero-order chi connectivity index (χ0) is 20.1. The van der Waals surface area contributed by atoms with Crippen LogP contribution in [0.3, 0.4) is 0 Å². The van der Waals surface area contributed by atoms with Gasteiger partial charge >= 0.3 is 0 Å². The summed E-state index contributed by atoms with van der Waals surface area (Å²) in [4.78, 5) is 19.7. The van der Waals surface area contributed by atoms with E-state index in [1.54, 1.807) is 6.07 Å². The minimum absolute atomic E-state index is 0.179. The predicted molar refractivity (Wildman–Crippen MR) is 108 cm³/mol. The number of rotatable bonds is 6. The summed E-state index contributed by atoms with van der Waals surface area (Å²) in [6, 6.07) is 17.4. The molecule has 1 aromatic heterocycles. The summed E-state index contributed by atoms with van der Waals surface area (Å²) in [5, 5.41) is 9.57.